The molecule has 0 aliphatic rings. The summed E-state index contributed by atoms with van der Waals surface area (Å²) in [7, 11) is 1.62. The SMILES string of the molecule is CCC(C)C(C(=O)O)N(C)Cc1c(O)cc(O)cc1O. The Bertz CT molecular complexity index is 465. The van der Waals surface area contributed by atoms with Crippen molar-refractivity contribution >= 4 is 5.97 Å². The summed E-state index contributed by atoms with van der Waals surface area (Å²) in [4.78, 5) is 12.9. The molecule has 0 heterocycles. The Balaban J connectivity index is 2.99. The Morgan fingerprint density at radius 1 is 1.25 bits per heavy atom. The lowest BCUT2D eigenvalue weighted by Gasteiger charge is -2.29. The van der Waals surface area contributed by atoms with Crippen molar-refractivity contribution in [3.63, 3.8) is 0 Å². The number of likely N-dealkylation sites (N-methyl/N-ethyl adjacent to an activating group) is 1. The maximum atomic E-state index is 11.3. The van der Waals surface area contributed by atoms with Gasteiger partial charge < -0.3 is 20.4 Å². The summed E-state index contributed by atoms with van der Waals surface area (Å²) >= 11 is 0. The van der Waals surface area contributed by atoms with E-state index >= 15 is 0 Å². The molecule has 0 aliphatic heterocycles. The molecule has 0 saturated heterocycles. The highest BCUT2D eigenvalue weighted by atomic mass is 16.4. The van der Waals surface area contributed by atoms with Gasteiger partial charge in [-0.05, 0) is 13.0 Å². The average molecular weight is 283 g/mol. The molecular formula is C14H21NO5. The largest absolute Gasteiger partial charge is 0.508 e. The number of hydrogen-bond donors (Lipinski definition) is 4. The van der Waals surface area contributed by atoms with Gasteiger partial charge in [-0.25, -0.2) is 0 Å². The molecule has 6 nitrogen and oxygen atoms in total. The van der Waals surface area contributed by atoms with Gasteiger partial charge >= 0.3 is 5.97 Å². The monoisotopic (exact) mass is 283 g/mol. The number of nitrogens with zero attached hydrogens (tertiary/aromatic N) is 1. The molecule has 0 amide bonds. The third kappa shape index (κ3) is 3.54. The molecule has 0 aliphatic carbocycles. The highest BCUT2D eigenvalue weighted by Gasteiger charge is 2.28. The van der Waals surface area contributed by atoms with Gasteiger partial charge in [0.1, 0.15) is 23.3 Å². The van der Waals surface area contributed by atoms with E-state index in [1.54, 1.807) is 11.9 Å². The van der Waals surface area contributed by atoms with Crippen LogP contribution in [0.4, 0.5) is 0 Å². The minimum atomic E-state index is -0.945. The van der Waals surface area contributed by atoms with Crippen LogP contribution in [0.1, 0.15) is 25.8 Å². The zero-order chi connectivity index (χ0) is 15.4. The van der Waals surface area contributed by atoms with Gasteiger partial charge in [-0.1, -0.05) is 20.3 Å². The van der Waals surface area contributed by atoms with Crippen LogP contribution in [-0.2, 0) is 11.3 Å². The normalized spacial score (nSPS) is 14.2. The predicted octanol–water partition coefficient (Wildman–Crippen LogP) is 1.73. The summed E-state index contributed by atoms with van der Waals surface area (Å²) in [6.07, 6.45) is 0.703. The Kier molecular flexibility index (Phi) is 5.21. The predicted molar refractivity (Wildman–Crippen MR) is 73.8 cm³/mol. The summed E-state index contributed by atoms with van der Waals surface area (Å²) in [5.41, 5.74) is 0.194. The number of carbonyl (C=O) groups is 1. The maximum absolute atomic E-state index is 11.3. The van der Waals surface area contributed by atoms with Crippen molar-refractivity contribution in [1.82, 2.24) is 4.90 Å². The molecular weight excluding hydrogens is 262 g/mol. The zero-order valence-electron chi connectivity index (χ0n) is 11.9. The van der Waals surface area contributed by atoms with Gasteiger partial charge in [0.15, 0.2) is 0 Å². The smallest absolute Gasteiger partial charge is 0.321 e. The van der Waals surface area contributed by atoms with E-state index in [0.29, 0.717) is 6.42 Å². The van der Waals surface area contributed by atoms with Gasteiger partial charge in [0.2, 0.25) is 0 Å². The quantitative estimate of drug-likeness (QED) is 0.634. The van der Waals surface area contributed by atoms with Crippen molar-refractivity contribution in [2.75, 3.05) is 7.05 Å². The summed E-state index contributed by atoms with van der Waals surface area (Å²) in [5.74, 6) is -1.79. The summed E-state index contributed by atoms with van der Waals surface area (Å²) in [6.45, 7) is 3.81. The molecule has 2 atom stereocenters. The van der Waals surface area contributed by atoms with E-state index in [0.717, 1.165) is 12.1 Å². The van der Waals surface area contributed by atoms with Crippen LogP contribution in [0.5, 0.6) is 17.2 Å². The van der Waals surface area contributed by atoms with Crippen LogP contribution in [0.2, 0.25) is 0 Å². The minimum Gasteiger partial charge on any atom is -0.508 e. The second-order valence-corrected chi connectivity index (χ2v) is 5.05. The third-order valence-corrected chi connectivity index (χ3v) is 3.51. The number of rotatable bonds is 6. The van der Waals surface area contributed by atoms with Crippen molar-refractivity contribution in [2.45, 2.75) is 32.9 Å². The fraction of sp³-hybridized carbons (Fsp3) is 0.500. The molecule has 0 spiro atoms. The molecule has 0 radical (unpaired) electrons. The molecule has 1 rings (SSSR count). The van der Waals surface area contributed by atoms with Gasteiger partial charge in [-0.3, -0.25) is 9.69 Å². The van der Waals surface area contributed by atoms with E-state index in [4.69, 9.17) is 0 Å². The second kappa shape index (κ2) is 6.47. The van der Waals surface area contributed by atoms with E-state index < -0.39 is 12.0 Å². The van der Waals surface area contributed by atoms with Gasteiger partial charge in [0, 0.05) is 24.2 Å². The molecule has 0 aromatic heterocycles. The van der Waals surface area contributed by atoms with Crippen molar-refractivity contribution in [1.29, 1.82) is 0 Å². The van der Waals surface area contributed by atoms with Crippen molar-refractivity contribution in [3.8, 4) is 17.2 Å². The van der Waals surface area contributed by atoms with Crippen LogP contribution in [0.25, 0.3) is 0 Å². The lowest BCUT2D eigenvalue weighted by atomic mass is 9.97. The Morgan fingerprint density at radius 3 is 2.15 bits per heavy atom. The van der Waals surface area contributed by atoms with E-state index in [-0.39, 0.29) is 35.3 Å². The number of carboxylic acids is 1. The number of benzene rings is 1. The molecule has 6 heteroatoms. The molecule has 2 unspecified atom stereocenters. The van der Waals surface area contributed by atoms with Crippen LogP contribution in [0.3, 0.4) is 0 Å². The first-order chi connectivity index (χ1) is 9.27. The van der Waals surface area contributed by atoms with Gasteiger partial charge in [-0.15, -0.1) is 0 Å². The maximum Gasteiger partial charge on any atom is 0.321 e. The Morgan fingerprint density at radius 2 is 1.75 bits per heavy atom. The Labute approximate surface area is 117 Å². The molecule has 0 fully saturated rings. The van der Waals surface area contributed by atoms with E-state index in [2.05, 4.69) is 0 Å². The van der Waals surface area contributed by atoms with E-state index in [1.165, 1.54) is 0 Å². The van der Waals surface area contributed by atoms with Crippen molar-refractivity contribution in [2.24, 2.45) is 5.92 Å². The highest BCUT2D eigenvalue weighted by Crippen LogP contribution is 2.33. The molecule has 0 bridgehead atoms. The van der Waals surface area contributed by atoms with Gasteiger partial charge in [0.05, 0.1) is 0 Å². The first kappa shape index (κ1) is 16.1. The standard InChI is InChI=1S/C14H21NO5/c1-4-8(2)13(14(19)20)15(3)7-10-11(17)5-9(16)6-12(10)18/h5-6,8,13,16-18H,4,7H2,1-3H3,(H,19,20). The molecule has 1 aromatic carbocycles. The molecule has 20 heavy (non-hydrogen) atoms. The van der Waals surface area contributed by atoms with Crippen molar-refractivity contribution in [3.05, 3.63) is 17.7 Å². The highest BCUT2D eigenvalue weighted by molar-refractivity contribution is 5.73. The fourth-order valence-corrected chi connectivity index (χ4v) is 2.23. The first-order valence-electron chi connectivity index (χ1n) is 6.44. The van der Waals surface area contributed by atoms with E-state index in [9.17, 15) is 25.2 Å². The van der Waals surface area contributed by atoms with Crippen molar-refractivity contribution < 1.29 is 25.2 Å². The zero-order valence-corrected chi connectivity index (χ0v) is 11.9. The summed E-state index contributed by atoms with van der Waals surface area (Å²) < 4.78 is 0. The van der Waals surface area contributed by atoms with Gasteiger partial charge in [-0.2, -0.15) is 0 Å². The molecule has 0 saturated carbocycles. The minimum absolute atomic E-state index is 0.0687. The van der Waals surface area contributed by atoms with Crippen LogP contribution in [0.15, 0.2) is 12.1 Å². The second-order valence-electron chi connectivity index (χ2n) is 5.05. The fourth-order valence-electron chi connectivity index (χ4n) is 2.23. The number of aliphatic carboxylic acids is 1. The molecule has 4 N–H and O–H groups in total. The number of phenolic OH excluding ortho intramolecular Hbond substituents is 3. The third-order valence-electron chi connectivity index (χ3n) is 3.51. The van der Waals surface area contributed by atoms with Crippen LogP contribution < -0.4 is 0 Å². The van der Waals surface area contributed by atoms with E-state index in [1.807, 2.05) is 13.8 Å². The number of aromatic hydroxyl groups is 3. The lowest BCUT2D eigenvalue weighted by molar-refractivity contribution is -0.145. The van der Waals surface area contributed by atoms with Crippen LogP contribution in [0, 0.1) is 5.92 Å². The number of hydrogen-bond acceptors (Lipinski definition) is 5. The summed E-state index contributed by atoms with van der Waals surface area (Å²) in [5, 5.41) is 38.0. The number of carboxylic acid groups (broad SMARTS) is 1. The summed E-state index contributed by atoms with van der Waals surface area (Å²) in [6, 6.07) is 1.51. The molecule has 1 aromatic rings. The first-order valence-corrected chi connectivity index (χ1v) is 6.44. The van der Waals surface area contributed by atoms with Gasteiger partial charge in [0.25, 0.3) is 0 Å². The van der Waals surface area contributed by atoms with Crippen LogP contribution >= 0.6 is 0 Å². The Hall–Kier alpha value is -1.95. The average Bonchev–Trinajstić information content (AvgIpc) is 2.33. The number of phenols is 3. The molecule has 112 valence electrons. The van der Waals surface area contributed by atoms with Crippen LogP contribution in [-0.4, -0.2) is 44.4 Å². The topological polar surface area (TPSA) is 101 Å². The lowest BCUT2D eigenvalue weighted by Crippen LogP contribution is -2.42.